The molecule has 92 valence electrons. The number of nitrogens with zero attached hydrogens (tertiary/aromatic N) is 1. The Bertz CT molecular complexity index is 517. The smallest absolute Gasteiger partial charge is 0.120 e. The van der Waals surface area contributed by atoms with Crippen LogP contribution in [0.5, 0.6) is 0 Å². The lowest BCUT2D eigenvalue weighted by Crippen LogP contribution is -1.90. The molecule has 2 nitrogen and oxygen atoms in total. The number of rotatable bonds is 5. The Hall–Kier alpha value is -1.96. The van der Waals surface area contributed by atoms with E-state index >= 15 is 0 Å². The number of carbonyl (C=O) groups excluding carboxylic acids is 1. The average molecular weight is 239 g/mol. The predicted molar refractivity (Wildman–Crippen MR) is 73.4 cm³/mol. The van der Waals surface area contributed by atoms with E-state index in [9.17, 15) is 4.79 Å². The van der Waals surface area contributed by atoms with Crippen molar-refractivity contribution < 1.29 is 4.79 Å². The van der Waals surface area contributed by atoms with Crippen LogP contribution in [0.3, 0.4) is 0 Å². The van der Waals surface area contributed by atoms with Gasteiger partial charge in [0, 0.05) is 18.2 Å². The highest BCUT2D eigenvalue weighted by atomic mass is 16.1. The molecule has 1 aromatic heterocycles. The van der Waals surface area contributed by atoms with Crippen LogP contribution in [0.1, 0.15) is 24.5 Å². The van der Waals surface area contributed by atoms with Gasteiger partial charge in [-0.2, -0.15) is 0 Å². The number of hydrogen-bond acceptors (Lipinski definition) is 2. The Morgan fingerprint density at radius 3 is 2.72 bits per heavy atom. The Kier molecular flexibility index (Phi) is 4.24. The van der Waals surface area contributed by atoms with Crippen molar-refractivity contribution in [1.29, 1.82) is 0 Å². The summed E-state index contributed by atoms with van der Waals surface area (Å²) in [6.07, 6.45) is 5.17. The summed E-state index contributed by atoms with van der Waals surface area (Å²) in [5, 5.41) is 0. The summed E-state index contributed by atoms with van der Waals surface area (Å²) in [6, 6.07) is 12.5. The van der Waals surface area contributed by atoms with E-state index in [4.69, 9.17) is 0 Å². The molecule has 0 amide bonds. The number of hydrogen-bond donors (Lipinski definition) is 0. The number of aldehydes is 1. The summed E-state index contributed by atoms with van der Waals surface area (Å²) < 4.78 is 0. The lowest BCUT2D eigenvalue weighted by Gasteiger charge is -2.04. The summed E-state index contributed by atoms with van der Waals surface area (Å²) in [5.74, 6) is 0. The summed E-state index contributed by atoms with van der Waals surface area (Å²) in [5.41, 5.74) is 4.56. The molecule has 0 radical (unpaired) electrons. The first kappa shape index (κ1) is 12.5. The molecule has 0 saturated carbocycles. The predicted octanol–water partition coefficient (Wildman–Crippen LogP) is 3.44. The lowest BCUT2D eigenvalue weighted by molar-refractivity contribution is -0.107. The standard InChI is InChI=1S/C16H17NO/c1-2-13-5-3-7-15(11-13)16-9-8-14(12-17-16)6-4-10-18/h3,5,7-12H,2,4,6H2,1H3. The third-order valence-electron chi connectivity index (χ3n) is 3.01. The fourth-order valence-corrected chi connectivity index (χ4v) is 1.92. The van der Waals surface area contributed by atoms with E-state index in [1.807, 2.05) is 18.3 Å². The minimum Gasteiger partial charge on any atom is -0.303 e. The van der Waals surface area contributed by atoms with Crippen LogP contribution < -0.4 is 0 Å². The van der Waals surface area contributed by atoms with Crippen LogP contribution in [0.2, 0.25) is 0 Å². The van der Waals surface area contributed by atoms with Gasteiger partial charge in [-0.05, 0) is 36.1 Å². The summed E-state index contributed by atoms with van der Waals surface area (Å²) >= 11 is 0. The number of aryl methyl sites for hydroxylation is 2. The highest BCUT2D eigenvalue weighted by molar-refractivity contribution is 5.60. The minimum atomic E-state index is 0.562. The second-order valence-corrected chi connectivity index (χ2v) is 4.31. The van der Waals surface area contributed by atoms with Gasteiger partial charge in [0.25, 0.3) is 0 Å². The third kappa shape index (κ3) is 3.04. The van der Waals surface area contributed by atoms with Gasteiger partial charge in [-0.3, -0.25) is 4.98 Å². The lowest BCUT2D eigenvalue weighted by atomic mass is 10.0. The number of pyridine rings is 1. The largest absolute Gasteiger partial charge is 0.303 e. The highest BCUT2D eigenvalue weighted by Crippen LogP contribution is 2.19. The topological polar surface area (TPSA) is 30.0 Å². The molecule has 0 fully saturated rings. The van der Waals surface area contributed by atoms with Crippen LogP contribution in [0.4, 0.5) is 0 Å². The molecule has 18 heavy (non-hydrogen) atoms. The number of carbonyl (C=O) groups is 1. The zero-order chi connectivity index (χ0) is 12.8. The van der Waals surface area contributed by atoms with Gasteiger partial charge >= 0.3 is 0 Å². The zero-order valence-electron chi connectivity index (χ0n) is 10.6. The van der Waals surface area contributed by atoms with Crippen molar-refractivity contribution in [3.8, 4) is 11.3 Å². The normalized spacial score (nSPS) is 10.3. The summed E-state index contributed by atoms with van der Waals surface area (Å²) in [4.78, 5) is 14.8. The molecular formula is C16H17NO. The van der Waals surface area contributed by atoms with Gasteiger partial charge in [-0.15, -0.1) is 0 Å². The molecule has 2 rings (SSSR count). The van der Waals surface area contributed by atoms with Crippen LogP contribution in [-0.4, -0.2) is 11.3 Å². The Labute approximate surface area is 108 Å². The van der Waals surface area contributed by atoms with Crippen molar-refractivity contribution >= 4 is 6.29 Å². The van der Waals surface area contributed by atoms with E-state index in [0.717, 1.165) is 35.9 Å². The molecule has 1 aromatic carbocycles. The third-order valence-corrected chi connectivity index (χ3v) is 3.01. The Morgan fingerprint density at radius 2 is 2.06 bits per heavy atom. The number of benzene rings is 1. The van der Waals surface area contributed by atoms with Crippen LogP contribution in [0.15, 0.2) is 42.6 Å². The summed E-state index contributed by atoms with van der Waals surface area (Å²) in [6.45, 7) is 2.15. The maximum atomic E-state index is 10.3. The second kappa shape index (κ2) is 6.10. The maximum Gasteiger partial charge on any atom is 0.120 e. The van der Waals surface area contributed by atoms with Gasteiger partial charge in [-0.1, -0.05) is 31.2 Å². The molecule has 0 bridgehead atoms. The first-order valence-corrected chi connectivity index (χ1v) is 6.31. The first-order valence-electron chi connectivity index (χ1n) is 6.31. The van der Waals surface area contributed by atoms with Crippen LogP contribution in [0, 0.1) is 0 Å². The number of aromatic nitrogens is 1. The maximum absolute atomic E-state index is 10.3. The van der Waals surface area contributed by atoms with Crippen molar-refractivity contribution in [3.63, 3.8) is 0 Å². The van der Waals surface area contributed by atoms with Gasteiger partial charge in [0.1, 0.15) is 6.29 Å². The van der Waals surface area contributed by atoms with Gasteiger partial charge in [0.2, 0.25) is 0 Å². The summed E-state index contributed by atoms with van der Waals surface area (Å²) in [7, 11) is 0. The molecule has 0 aliphatic rings. The van der Waals surface area contributed by atoms with E-state index in [0.29, 0.717) is 6.42 Å². The second-order valence-electron chi connectivity index (χ2n) is 4.31. The van der Waals surface area contributed by atoms with Gasteiger partial charge in [0.15, 0.2) is 0 Å². The fraction of sp³-hybridized carbons (Fsp3) is 0.250. The molecular weight excluding hydrogens is 222 g/mol. The fourth-order valence-electron chi connectivity index (χ4n) is 1.92. The van der Waals surface area contributed by atoms with Gasteiger partial charge in [0.05, 0.1) is 5.69 Å². The molecule has 0 unspecified atom stereocenters. The van der Waals surface area contributed by atoms with E-state index < -0.39 is 0 Å². The SMILES string of the molecule is CCc1cccc(-c2ccc(CCC=O)cn2)c1. The van der Waals surface area contributed by atoms with Crippen molar-refractivity contribution in [2.24, 2.45) is 0 Å². The van der Waals surface area contributed by atoms with Crippen LogP contribution >= 0.6 is 0 Å². The minimum absolute atomic E-state index is 0.562. The molecule has 0 atom stereocenters. The van der Waals surface area contributed by atoms with E-state index in [-0.39, 0.29) is 0 Å². The van der Waals surface area contributed by atoms with Crippen molar-refractivity contribution in [2.75, 3.05) is 0 Å². The van der Waals surface area contributed by atoms with E-state index in [1.54, 1.807) is 0 Å². The first-order chi connectivity index (χ1) is 8.83. The van der Waals surface area contributed by atoms with Crippen LogP contribution in [0.25, 0.3) is 11.3 Å². The van der Waals surface area contributed by atoms with E-state index in [1.165, 1.54) is 5.56 Å². The molecule has 1 heterocycles. The van der Waals surface area contributed by atoms with Crippen molar-refractivity contribution in [2.45, 2.75) is 26.2 Å². The highest BCUT2D eigenvalue weighted by Gasteiger charge is 2.00. The zero-order valence-corrected chi connectivity index (χ0v) is 10.6. The van der Waals surface area contributed by atoms with Crippen molar-refractivity contribution in [1.82, 2.24) is 4.98 Å². The molecule has 0 spiro atoms. The average Bonchev–Trinajstić information content (AvgIpc) is 2.46. The van der Waals surface area contributed by atoms with E-state index in [2.05, 4.69) is 36.2 Å². The molecule has 0 aliphatic heterocycles. The molecule has 0 aliphatic carbocycles. The quantitative estimate of drug-likeness (QED) is 0.748. The molecule has 2 heteroatoms. The Balaban J connectivity index is 2.20. The molecule has 0 saturated heterocycles. The monoisotopic (exact) mass is 239 g/mol. The van der Waals surface area contributed by atoms with Crippen LogP contribution in [-0.2, 0) is 17.6 Å². The Morgan fingerprint density at radius 1 is 1.17 bits per heavy atom. The van der Waals surface area contributed by atoms with Crippen molar-refractivity contribution in [3.05, 3.63) is 53.7 Å². The molecule has 2 aromatic rings. The van der Waals surface area contributed by atoms with Gasteiger partial charge < -0.3 is 4.79 Å². The molecule has 0 N–H and O–H groups in total. The van der Waals surface area contributed by atoms with Gasteiger partial charge in [-0.25, -0.2) is 0 Å².